The van der Waals surface area contributed by atoms with Gasteiger partial charge in [0.25, 0.3) is 11.3 Å². The number of hydrogen-bond acceptors (Lipinski definition) is 6. The van der Waals surface area contributed by atoms with Crippen LogP contribution in [0.15, 0.2) is 29.1 Å². The Morgan fingerprint density at radius 2 is 2.16 bits per heavy atom. The highest BCUT2D eigenvalue weighted by Gasteiger charge is 2.15. The van der Waals surface area contributed by atoms with Crippen LogP contribution in [0.2, 0.25) is 0 Å². The smallest absolute Gasteiger partial charge is 0.325 e. The lowest BCUT2D eigenvalue weighted by Crippen LogP contribution is -2.27. The molecule has 1 aromatic carbocycles. The Bertz CT molecular complexity index is 835. The predicted octanol–water partition coefficient (Wildman–Crippen LogP) is -0.388. The van der Waals surface area contributed by atoms with Crippen molar-refractivity contribution >= 4 is 22.6 Å². The van der Waals surface area contributed by atoms with E-state index in [1.54, 1.807) is 24.3 Å². The van der Waals surface area contributed by atoms with Crippen molar-refractivity contribution in [3.05, 3.63) is 34.6 Å². The molecule has 0 radical (unpaired) electrons. The van der Waals surface area contributed by atoms with Crippen LogP contribution in [-0.4, -0.2) is 37.7 Å². The summed E-state index contributed by atoms with van der Waals surface area (Å²) in [6.07, 6.45) is 0. The minimum absolute atomic E-state index is 0.203. The minimum atomic E-state index is -0.540. The van der Waals surface area contributed by atoms with Crippen LogP contribution in [0.25, 0.3) is 16.7 Å². The molecule has 0 fully saturated rings. The van der Waals surface area contributed by atoms with Crippen LogP contribution in [0, 0.1) is 0 Å². The Morgan fingerprint density at radius 3 is 2.95 bits per heavy atom. The van der Waals surface area contributed by atoms with Gasteiger partial charge in [-0.3, -0.25) is 14.2 Å². The molecule has 2 aromatic heterocycles. The van der Waals surface area contributed by atoms with E-state index in [9.17, 15) is 9.59 Å². The number of benzene rings is 1. The summed E-state index contributed by atoms with van der Waals surface area (Å²) in [7, 11) is 1.26. The number of ether oxygens (including phenoxy) is 1. The number of rotatable bonds is 2. The van der Waals surface area contributed by atoms with Crippen molar-refractivity contribution in [1.82, 2.24) is 24.6 Å². The first-order chi connectivity index (χ1) is 9.22. The first kappa shape index (κ1) is 11.3. The second kappa shape index (κ2) is 4.16. The molecule has 0 aliphatic heterocycles. The average Bonchev–Trinajstić information content (AvgIpc) is 2.92. The van der Waals surface area contributed by atoms with Gasteiger partial charge in [0.15, 0.2) is 0 Å². The molecule has 0 saturated carbocycles. The molecule has 3 rings (SSSR count). The zero-order valence-electron chi connectivity index (χ0n) is 9.98. The molecule has 8 nitrogen and oxygen atoms in total. The summed E-state index contributed by atoms with van der Waals surface area (Å²) in [5.74, 6) is -0.337. The fourth-order valence-corrected chi connectivity index (χ4v) is 1.92. The largest absolute Gasteiger partial charge is 0.468 e. The van der Waals surface area contributed by atoms with Gasteiger partial charge in [-0.2, -0.15) is 4.52 Å². The number of hydrogen-bond donors (Lipinski definition) is 0. The van der Waals surface area contributed by atoms with Crippen LogP contribution in [0.3, 0.4) is 0 Å². The highest BCUT2D eigenvalue weighted by molar-refractivity contribution is 5.80. The third-order valence-electron chi connectivity index (χ3n) is 2.82. The molecule has 19 heavy (non-hydrogen) atoms. The summed E-state index contributed by atoms with van der Waals surface area (Å²) in [6.45, 7) is -0.232. The van der Waals surface area contributed by atoms with Crippen molar-refractivity contribution in [2.45, 2.75) is 6.54 Å². The van der Waals surface area contributed by atoms with E-state index in [1.807, 2.05) is 0 Å². The van der Waals surface area contributed by atoms with Gasteiger partial charge in [-0.15, -0.1) is 0 Å². The fraction of sp³-hybridized carbons (Fsp3) is 0.182. The Morgan fingerprint density at radius 1 is 1.37 bits per heavy atom. The number of nitrogens with zero attached hydrogens (tertiary/aromatic N) is 5. The van der Waals surface area contributed by atoms with Crippen molar-refractivity contribution in [3.8, 4) is 0 Å². The van der Waals surface area contributed by atoms with Gasteiger partial charge >= 0.3 is 5.97 Å². The lowest BCUT2D eigenvalue weighted by Gasteiger charge is -2.07. The van der Waals surface area contributed by atoms with Gasteiger partial charge in [0.1, 0.15) is 6.54 Å². The molecular weight excluding hydrogens is 250 g/mol. The number of methoxy groups -OCH3 is 1. The molecule has 3 aromatic rings. The minimum Gasteiger partial charge on any atom is -0.468 e. The number of esters is 1. The van der Waals surface area contributed by atoms with Gasteiger partial charge < -0.3 is 4.74 Å². The van der Waals surface area contributed by atoms with Crippen molar-refractivity contribution in [2.24, 2.45) is 0 Å². The second-order valence-electron chi connectivity index (χ2n) is 3.88. The van der Waals surface area contributed by atoms with Gasteiger partial charge in [0.2, 0.25) is 0 Å². The summed E-state index contributed by atoms with van der Waals surface area (Å²) < 4.78 is 7.18. The van der Waals surface area contributed by atoms with E-state index >= 15 is 0 Å². The number of para-hydroxylation sites is 1. The molecule has 0 bridgehead atoms. The summed E-state index contributed by atoms with van der Waals surface area (Å²) in [5.41, 5.74) is 0.261. The Kier molecular flexibility index (Phi) is 2.48. The summed E-state index contributed by atoms with van der Waals surface area (Å²) in [6, 6.07) is 6.92. The van der Waals surface area contributed by atoms with E-state index in [2.05, 4.69) is 20.3 Å². The summed E-state index contributed by atoms with van der Waals surface area (Å²) in [5, 5.41) is 11.6. The van der Waals surface area contributed by atoms with Crippen molar-refractivity contribution in [3.63, 3.8) is 0 Å². The topological polar surface area (TPSA) is 91.4 Å². The van der Waals surface area contributed by atoms with Gasteiger partial charge in [-0.1, -0.05) is 17.2 Å². The fourth-order valence-electron chi connectivity index (χ4n) is 1.92. The third kappa shape index (κ3) is 1.65. The first-order valence-electron chi connectivity index (χ1n) is 5.49. The number of carbonyl (C=O) groups is 1. The molecule has 0 unspecified atom stereocenters. The van der Waals surface area contributed by atoms with E-state index in [4.69, 9.17) is 0 Å². The number of fused-ring (bicyclic) bond motifs is 3. The van der Waals surface area contributed by atoms with Crippen molar-refractivity contribution in [1.29, 1.82) is 0 Å². The SMILES string of the molecule is COC(=O)Cn1c(=O)c2ccccc2n2nnnc12. The van der Waals surface area contributed by atoms with Crippen molar-refractivity contribution in [2.75, 3.05) is 7.11 Å². The molecule has 0 saturated heterocycles. The molecule has 0 aliphatic carbocycles. The third-order valence-corrected chi connectivity index (χ3v) is 2.82. The van der Waals surface area contributed by atoms with E-state index in [0.29, 0.717) is 10.9 Å². The van der Waals surface area contributed by atoms with Crippen LogP contribution in [0.4, 0.5) is 0 Å². The first-order valence-corrected chi connectivity index (χ1v) is 5.49. The second-order valence-corrected chi connectivity index (χ2v) is 3.88. The zero-order valence-corrected chi connectivity index (χ0v) is 9.98. The number of carbonyl (C=O) groups excluding carboxylic acids is 1. The molecule has 0 atom stereocenters. The van der Waals surface area contributed by atoms with Crippen LogP contribution in [-0.2, 0) is 16.1 Å². The quantitative estimate of drug-likeness (QED) is 0.582. The van der Waals surface area contributed by atoms with E-state index in [1.165, 1.54) is 16.2 Å². The van der Waals surface area contributed by atoms with Crippen LogP contribution >= 0.6 is 0 Å². The maximum Gasteiger partial charge on any atom is 0.325 e. The summed E-state index contributed by atoms with van der Waals surface area (Å²) in [4.78, 5) is 23.7. The lowest BCUT2D eigenvalue weighted by atomic mass is 10.2. The number of aromatic nitrogens is 5. The average molecular weight is 259 g/mol. The molecule has 0 N–H and O–H groups in total. The lowest BCUT2D eigenvalue weighted by molar-refractivity contribution is -0.141. The molecule has 96 valence electrons. The van der Waals surface area contributed by atoms with Crippen LogP contribution in [0.5, 0.6) is 0 Å². The highest BCUT2D eigenvalue weighted by Crippen LogP contribution is 2.10. The molecule has 0 spiro atoms. The van der Waals surface area contributed by atoms with Gasteiger partial charge in [-0.25, -0.2) is 0 Å². The number of tetrazole rings is 1. The molecule has 8 heteroatoms. The van der Waals surface area contributed by atoms with Crippen LogP contribution < -0.4 is 5.56 Å². The normalized spacial score (nSPS) is 11.0. The molecule has 0 amide bonds. The predicted molar refractivity (Wildman–Crippen MR) is 64.6 cm³/mol. The Balaban J connectivity index is 2.41. The van der Waals surface area contributed by atoms with Gasteiger partial charge in [0, 0.05) is 0 Å². The van der Waals surface area contributed by atoms with E-state index in [-0.39, 0.29) is 17.9 Å². The highest BCUT2D eigenvalue weighted by atomic mass is 16.5. The zero-order chi connectivity index (χ0) is 13.4. The standard InChI is InChI=1S/C11H9N5O3/c1-19-9(17)6-15-10(18)7-4-2-3-5-8(7)16-11(15)12-13-14-16/h2-5H,6H2,1H3. The van der Waals surface area contributed by atoms with Gasteiger partial charge in [0.05, 0.1) is 18.0 Å². The Hall–Kier alpha value is -2.77. The Labute approximate surface area is 106 Å². The van der Waals surface area contributed by atoms with Crippen LogP contribution in [0.1, 0.15) is 0 Å². The van der Waals surface area contributed by atoms with Gasteiger partial charge in [-0.05, 0) is 22.6 Å². The molecule has 0 aliphatic rings. The van der Waals surface area contributed by atoms with E-state index in [0.717, 1.165) is 0 Å². The maximum absolute atomic E-state index is 12.3. The molecule has 2 heterocycles. The maximum atomic E-state index is 12.3. The summed E-state index contributed by atoms with van der Waals surface area (Å²) >= 11 is 0. The van der Waals surface area contributed by atoms with E-state index < -0.39 is 5.97 Å². The molecular formula is C11H9N5O3. The monoisotopic (exact) mass is 259 g/mol. The van der Waals surface area contributed by atoms with Crippen molar-refractivity contribution < 1.29 is 9.53 Å².